The van der Waals surface area contributed by atoms with Gasteiger partial charge in [-0.05, 0) is 43.5 Å². The number of benzene rings is 2. The number of nitrogens with one attached hydrogen (secondary N) is 1. The lowest BCUT2D eigenvalue weighted by atomic mass is 10.1. The average molecular weight is 388 g/mol. The topological polar surface area (TPSA) is 75.7 Å². The molecule has 0 atom stereocenters. The molecule has 27 heavy (non-hydrogen) atoms. The quantitative estimate of drug-likeness (QED) is 0.826. The smallest absolute Gasteiger partial charge is 0.251 e. The van der Waals surface area contributed by atoms with E-state index in [-0.39, 0.29) is 16.6 Å². The maximum Gasteiger partial charge on any atom is 0.251 e. The molecule has 0 aliphatic carbocycles. The summed E-state index contributed by atoms with van der Waals surface area (Å²) < 4.78 is 32.5. The molecule has 1 N–H and O–H groups in total. The predicted octanol–water partition coefficient (Wildman–Crippen LogP) is 2.72. The van der Waals surface area contributed by atoms with E-state index in [0.29, 0.717) is 25.2 Å². The molecule has 0 unspecified atom stereocenters. The van der Waals surface area contributed by atoms with E-state index >= 15 is 0 Å². The highest BCUT2D eigenvalue weighted by Gasteiger charge is 2.30. The highest BCUT2D eigenvalue weighted by atomic mass is 32.2. The average Bonchev–Trinajstić information content (AvgIpc) is 3.21. The number of ether oxygens (including phenoxy) is 1. The molecule has 0 aromatic heterocycles. The van der Waals surface area contributed by atoms with Gasteiger partial charge in [-0.25, -0.2) is 8.42 Å². The number of carbonyl (C=O) groups excluding carboxylic acids is 1. The molecule has 2 aromatic carbocycles. The van der Waals surface area contributed by atoms with Crippen molar-refractivity contribution < 1.29 is 17.9 Å². The summed E-state index contributed by atoms with van der Waals surface area (Å²) >= 11 is 0. The maximum atomic E-state index is 12.9. The fraction of sp³-hybridized carbons (Fsp3) is 0.350. The van der Waals surface area contributed by atoms with Gasteiger partial charge < -0.3 is 10.1 Å². The van der Waals surface area contributed by atoms with Gasteiger partial charge >= 0.3 is 0 Å². The number of sulfonamides is 1. The Kier molecular flexibility index (Phi) is 5.82. The Morgan fingerprint density at radius 1 is 1.15 bits per heavy atom. The van der Waals surface area contributed by atoms with Gasteiger partial charge in [-0.3, -0.25) is 4.79 Å². The van der Waals surface area contributed by atoms with Crippen molar-refractivity contribution in [3.8, 4) is 5.75 Å². The molecule has 1 heterocycles. The van der Waals surface area contributed by atoms with E-state index in [9.17, 15) is 13.2 Å². The molecule has 3 rings (SSSR count). The number of carbonyl (C=O) groups is 1. The normalized spacial score (nSPS) is 14.9. The summed E-state index contributed by atoms with van der Waals surface area (Å²) in [5, 5.41) is 2.84. The van der Waals surface area contributed by atoms with E-state index in [4.69, 9.17) is 4.74 Å². The standard InChI is InChI=1S/C20H24N2O4S/c1-15-6-5-7-16(12-15)14-21-20(23)17-8-9-18(26-2)19(13-17)27(24,25)22-10-3-4-11-22/h5-9,12-13H,3-4,10-11,14H2,1-2H3,(H,21,23). The Morgan fingerprint density at radius 2 is 1.89 bits per heavy atom. The van der Waals surface area contributed by atoms with Gasteiger partial charge in [-0.15, -0.1) is 0 Å². The van der Waals surface area contributed by atoms with Crippen LogP contribution >= 0.6 is 0 Å². The molecule has 0 radical (unpaired) electrons. The van der Waals surface area contributed by atoms with Crippen LogP contribution in [0.4, 0.5) is 0 Å². The maximum absolute atomic E-state index is 12.9. The Morgan fingerprint density at radius 3 is 2.56 bits per heavy atom. The molecule has 2 aromatic rings. The van der Waals surface area contributed by atoms with Crippen molar-refractivity contribution in [1.82, 2.24) is 9.62 Å². The highest BCUT2D eigenvalue weighted by Crippen LogP contribution is 2.29. The minimum Gasteiger partial charge on any atom is -0.495 e. The molecular weight excluding hydrogens is 364 g/mol. The molecule has 1 amide bonds. The summed E-state index contributed by atoms with van der Waals surface area (Å²) in [7, 11) is -2.26. The van der Waals surface area contributed by atoms with Crippen LogP contribution in [0, 0.1) is 6.92 Å². The zero-order valence-corrected chi connectivity index (χ0v) is 16.4. The van der Waals surface area contributed by atoms with Gasteiger partial charge in [0, 0.05) is 25.2 Å². The lowest BCUT2D eigenvalue weighted by Crippen LogP contribution is -2.29. The number of rotatable bonds is 6. The van der Waals surface area contributed by atoms with Crippen molar-refractivity contribution in [2.75, 3.05) is 20.2 Å². The van der Waals surface area contributed by atoms with Crippen LogP contribution in [-0.4, -0.2) is 38.8 Å². The number of nitrogens with zero attached hydrogens (tertiary/aromatic N) is 1. The van der Waals surface area contributed by atoms with Gasteiger partial charge in [0.1, 0.15) is 10.6 Å². The van der Waals surface area contributed by atoms with Crippen LogP contribution < -0.4 is 10.1 Å². The molecule has 0 bridgehead atoms. The third-order valence-electron chi connectivity index (χ3n) is 4.64. The first kappa shape index (κ1) is 19.4. The third-order valence-corrected chi connectivity index (χ3v) is 6.56. The molecule has 0 saturated carbocycles. The minimum atomic E-state index is -3.68. The summed E-state index contributed by atoms with van der Waals surface area (Å²) in [5.74, 6) is -0.0748. The van der Waals surface area contributed by atoms with E-state index in [1.807, 2.05) is 31.2 Å². The van der Waals surface area contributed by atoms with Crippen LogP contribution in [0.2, 0.25) is 0 Å². The zero-order chi connectivity index (χ0) is 19.4. The van der Waals surface area contributed by atoms with Gasteiger partial charge in [-0.1, -0.05) is 29.8 Å². The second-order valence-corrected chi connectivity index (χ2v) is 8.55. The van der Waals surface area contributed by atoms with Crippen LogP contribution in [0.15, 0.2) is 47.4 Å². The summed E-state index contributed by atoms with van der Waals surface area (Å²) in [4.78, 5) is 12.6. The molecule has 1 saturated heterocycles. The van der Waals surface area contributed by atoms with Crippen molar-refractivity contribution in [1.29, 1.82) is 0 Å². The van der Waals surface area contributed by atoms with Crippen molar-refractivity contribution in [3.63, 3.8) is 0 Å². The predicted molar refractivity (Wildman–Crippen MR) is 103 cm³/mol. The molecule has 1 aliphatic heterocycles. The zero-order valence-electron chi connectivity index (χ0n) is 15.6. The molecular formula is C20H24N2O4S. The Hall–Kier alpha value is -2.38. The lowest BCUT2D eigenvalue weighted by molar-refractivity contribution is 0.0950. The number of hydrogen-bond donors (Lipinski definition) is 1. The van der Waals surface area contributed by atoms with Crippen molar-refractivity contribution in [3.05, 3.63) is 59.2 Å². The van der Waals surface area contributed by atoms with Crippen molar-refractivity contribution >= 4 is 15.9 Å². The SMILES string of the molecule is COc1ccc(C(=O)NCc2cccc(C)c2)cc1S(=O)(=O)N1CCCC1. The van der Waals surface area contributed by atoms with Crippen LogP contribution in [0.1, 0.15) is 34.3 Å². The van der Waals surface area contributed by atoms with Gasteiger partial charge in [0.2, 0.25) is 10.0 Å². The Labute approximate surface area is 160 Å². The second-order valence-electron chi connectivity index (χ2n) is 6.65. The molecule has 144 valence electrons. The first-order valence-corrected chi connectivity index (χ1v) is 10.4. The Balaban J connectivity index is 1.82. The number of methoxy groups -OCH3 is 1. The second kappa shape index (κ2) is 8.10. The summed E-state index contributed by atoms with van der Waals surface area (Å²) in [5.41, 5.74) is 2.40. The van der Waals surface area contributed by atoms with Gasteiger partial charge in [0.05, 0.1) is 7.11 Å². The van der Waals surface area contributed by atoms with E-state index in [2.05, 4.69) is 5.32 Å². The van der Waals surface area contributed by atoms with Crippen molar-refractivity contribution in [2.24, 2.45) is 0 Å². The summed E-state index contributed by atoms with van der Waals surface area (Å²) in [6, 6.07) is 12.4. The number of aryl methyl sites for hydroxylation is 1. The summed E-state index contributed by atoms with van der Waals surface area (Å²) in [6.45, 7) is 3.36. The number of hydrogen-bond acceptors (Lipinski definition) is 4. The lowest BCUT2D eigenvalue weighted by Gasteiger charge is -2.18. The van der Waals surface area contributed by atoms with Crippen LogP contribution in [-0.2, 0) is 16.6 Å². The molecule has 1 fully saturated rings. The van der Waals surface area contributed by atoms with Crippen LogP contribution in [0.25, 0.3) is 0 Å². The first-order valence-electron chi connectivity index (χ1n) is 8.94. The van der Waals surface area contributed by atoms with E-state index in [0.717, 1.165) is 24.0 Å². The van der Waals surface area contributed by atoms with E-state index in [1.54, 1.807) is 6.07 Å². The third kappa shape index (κ3) is 4.31. The van der Waals surface area contributed by atoms with Gasteiger partial charge in [-0.2, -0.15) is 4.31 Å². The van der Waals surface area contributed by atoms with Gasteiger partial charge in [0.25, 0.3) is 5.91 Å². The molecule has 0 spiro atoms. The summed E-state index contributed by atoms with van der Waals surface area (Å²) in [6.07, 6.45) is 1.69. The van der Waals surface area contributed by atoms with E-state index < -0.39 is 10.0 Å². The number of amides is 1. The largest absolute Gasteiger partial charge is 0.495 e. The first-order chi connectivity index (χ1) is 12.9. The van der Waals surface area contributed by atoms with Crippen LogP contribution in [0.5, 0.6) is 5.75 Å². The monoisotopic (exact) mass is 388 g/mol. The Bertz CT molecular complexity index is 935. The van der Waals surface area contributed by atoms with Gasteiger partial charge in [0.15, 0.2) is 0 Å². The fourth-order valence-electron chi connectivity index (χ4n) is 3.19. The molecule has 7 heteroatoms. The highest BCUT2D eigenvalue weighted by molar-refractivity contribution is 7.89. The molecule has 1 aliphatic rings. The minimum absolute atomic E-state index is 0.0371. The molecule has 6 nitrogen and oxygen atoms in total. The van der Waals surface area contributed by atoms with Crippen LogP contribution in [0.3, 0.4) is 0 Å². The van der Waals surface area contributed by atoms with Crippen molar-refractivity contribution in [2.45, 2.75) is 31.2 Å². The fourth-order valence-corrected chi connectivity index (χ4v) is 4.89. The van der Waals surface area contributed by atoms with E-state index in [1.165, 1.54) is 23.5 Å².